The molecule has 0 saturated heterocycles. The second-order valence-electron chi connectivity index (χ2n) is 2.06. The molecule has 0 radical (unpaired) electrons. The van der Waals surface area contributed by atoms with Crippen molar-refractivity contribution in [2.45, 2.75) is 6.42 Å². The van der Waals surface area contributed by atoms with Crippen LogP contribution in [-0.4, -0.2) is 11.1 Å². The third kappa shape index (κ3) is 1.70. The lowest BCUT2D eigenvalue weighted by Crippen LogP contribution is -1.91. The summed E-state index contributed by atoms with van der Waals surface area (Å²) in [7, 11) is 0. The number of carboxylic acids is 1. The Morgan fingerprint density at radius 3 is 2.91 bits per heavy atom. The van der Waals surface area contributed by atoms with Crippen LogP contribution >= 0.6 is 0 Å². The molecule has 0 saturated carbocycles. The van der Waals surface area contributed by atoms with Gasteiger partial charge in [-0.05, 0) is 12.1 Å². The molecule has 0 amide bonds. The second-order valence-corrected chi connectivity index (χ2v) is 2.06. The molecular weight excluding hydrogens is 144 g/mol. The number of hydrogen-bond acceptors (Lipinski definition) is 2. The highest BCUT2D eigenvalue weighted by atomic mass is 16.4. The van der Waals surface area contributed by atoms with Gasteiger partial charge in [0.05, 0.1) is 0 Å². The van der Waals surface area contributed by atoms with Gasteiger partial charge in [-0.15, -0.1) is 6.58 Å². The van der Waals surface area contributed by atoms with Gasteiger partial charge in [0.25, 0.3) is 0 Å². The maximum atomic E-state index is 10.3. The van der Waals surface area contributed by atoms with Gasteiger partial charge in [0, 0.05) is 6.42 Å². The molecule has 3 heteroatoms. The van der Waals surface area contributed by atoms with E-state index >= 15 is 0 Å². The lowest BCUT2D eigenvalue weighted by molar-refractivity contribution is 0.0660. The molecule has 58 valence electrons. The van der Waals surface area contributed by atoms with E-state index in [4.69, 9.17) is 9.52 Å². The van der Waals surface area contributed by atoms with Crippen LogP contribution in [0.3, 0.4) is 0 Å². The van der Waals surface area contributed by atoms with Gasteiger partial charge in [-0.1, -0.05) is 6.08 Å². The van der Waals surface area contributed by atoms with Crippen molar-refractivity contribution in [1.29, 1.82) is 0 Å². The standard InChI is InChI=1S/C8H8O3/c1-2-3-6-4-5-7(11-6)8(9)10/h2,4-5H,1,3H2,(H,9,10). The summed E-state index contributed by atoms with van der Waals surface area (Å²) in [6.45, 7) is 3.50. The summed E-state index contributed by atoms with van der Waals surface area (Å²) in [6, 6.07) is 3.06. The Morgan fingerprint density at radius 2 is 2.45 bits per heavy atom. The Balaban J connectivity index is 2.81. The third-order valence-corrected chi connectivity index (χ3v) is 1.22. The van der Waals surface area contributed by atoms with Crippen molar-refractivity contribution in [3.05, 3.63) is 36.3 Å². The van der Waals surface area contributed by atoms with Crippen molar-refractivity contribution in [1.82, 2.24) is 0 Å². The molecule has 0 bridgehead atoms. The Labute approximate surface area is 64.0 Å². The molecule has 1 aromatic rings. The van der Waals surface area contributed by atoms with Crippen molar-refractivity contribution in [3.63, 3.8) is 0 Å². The van der Waals surface area contributed by atoms with Gasteiger partial charge >= 0.3 is 5.97 Å². The van der Waals surface area contributed by atoms with E-state index in [9.17, 15) is 4.79 Å². The molecule has 0 aliphatic rings. The first-order chi connectivity index (χ1) is 5.24. The van der Waals surface area contributed by atoms with Crippen LogP contribution in [0.25, 0.3) is 0 Å². The van der Waals surface area contributed by atoms with E-state index in [1.54, 1.807) is 12.1 Å². The summed E-state index contributed by atoms with van der Waals surface area (Å²) in [5.74, 6) is -0.445. The number of carbonyl (C=O) groups is 1. The Bertz CT molecular complexity index is 273. The molecule has 0 unspecified atom stereocenters. The minimum absolute atomic E-state index is 0.0261. The average Bonchev–Trinajstić information content (AvgIpc) is 2.37. The second kappa shape index (κ2) is 3.05. The van der Waals surface area contributed by atoms with Crippen LogP contribution in [0.15, 0.2) is 29.2 Å². The topological polar surface area (TPSA) is 50.4 Å². The molecule has 11 heavy (non-hydrogen) atoms. The van der Waals surface area contributed by atoms with E-state index in [2.05, 4.69) is 6.58 Å². The molecule has 1 N–H and O–H groups in total. The molecule has 0 fully saturated rings. The molecular formula is C8H8O3. The van der Waals surface area contributed by atoms with Gasteiger partial charge in [0.2, 0.25) is 5.76 Å². The highest BCUT2D eigenvalue weighted by Crippen LogP contribution is 2.08. The predicted molar refractivity (Wildman–Crippen MR) is 39.6 cm³/mol. The SMILES string of the molecule is C=CCc1ccc(C(=O)O)o1. The van der Waals surface area contributed by atoms with Crippen LogP contribution in [0.4, 0.5) is 0 Å². The van der Waals surface area contributed by atoms with Gasteiger partial charge in [0.15, 0.2) is 0 Å². The minimum Gasteiger partial charge on any atom is -0.475 e. The normalized spacial score (nSPS) is 9.45. The number of furan rings is 1. The van der Waals surface area contributed by atoms with Gasteiger partial charge in [0.1, 0.15) is 5.76 Å². The van der Waals surface area contributed by atoms with E-state index in [1.165, 1.54) is 6.07 Å². The average molecular weight is 152 g/mol. The van der Waals surface area contributed by atoms with Crippen LogP contribution in [0, 0.1) is 0 Å². The van der Waals surface area contributed by atoms with Crippen molar-refractivity contribution in [2.75, 3.05) is 0 Å². The quantitative estimate of drug-likeness (QED) is 0.670. The van der Waals surface area contributed by atoms with Gasteiger partial charge < -0.3 is 9.52 Å². The summed E-state index contributed by atoms with van der Waals surface area (Å²) >= 11 is 0. The largest absolute Gasteiger partial charge is 0.475 e. The van der Waals surface area contributed by atoms with Crippen LogP contribution < -0.4 is 0 Å². The molecule has 0 aliphatic heterocycles. The summed E-state index contributed by atoms with van der Waals surface area (Å²) in [6.07, 6.45) is 2.22. The minimum atomic E-state index is -1.04. The fourth-order valence-electron chi connectivity index (χ4n) is 0.745. The monoisotopic (exact) mass is 152 g/mol. The van der Waals surface area contributed by atoms with E-state index in [0.29, 0.717) is 12.2 Å². The first kappa shape index (κ1) is 7.60. The fraction of sp³-hybridized carbons (Fsp3) is 0.125. The summed E-state index contributed by atoms with van der Waals surface area (Å²) < 4.78 is 4.91. The number of allylic oxidation sites excluding steroid dienone is 1. The zero-order valence-corrected chi connectivity index (χ0v) is 5.91. The zero-order valence-electron chi connectivity index (χ0n) is 5.91. The molecule has 0 spiro atoms. The van der Waals surface area contributed by atoms with E-state index in [1.807, 2.05) is 0 Å². The van der Waals surface area contributed by atoms with Crippen LogP contribution in [0.5, 0.6) is 0 Å². The highest BCUT2D eigenvalue weighted by Gasteiger charge is 2.06. The number of rotatable bonds is 3. The molecule has 1 heterocycles. The highest BCUT2D eigenvalue weighted by molar-refractivity contribution is 5.84. The van der Waals surface area contributed by atoms with Crippen molar-refractivity contribution >= 4 is 5.97 Å². The summed E-state index contributed by atoms with van der Waals surface area (Å²) in [4.78, 5) is 10.3. The van der Waals surface area contributed by atoms with Crippen LogP contribution in [-0.2, 0) is 6.42 Å². The van der Waals surface area contributed by atoms with Crippen LogP contribution in [0.2, 0.25) is 0 Å². The van der Waals surface area contributed by atoms with Crippen LogP contribution in [0.1, 0.15) is 16.3 Å². The first-order valence-electron chi connectivity index (χ1n) is 3.17. The lowest BCUT2D eigenvalue weighted by Gasteiger charge is -1.86. The van der Waals surface area contributed by atoms with E-state index in [0.717, 1.165) is 0 Å². The van der Waals surface area contributed by atoms with Crippen molar-refractivity contribution in [2.24, 2.45) is 0 Å². The molecule has 3 nitrogen and oxygen atoms in total. The maximum absolute atomic E-state index is 10.3. The van der Waals surface area contributed by atoms with Crippen molar-refractivity contribution < 1.29 is 14.3 Å². The fourth-order valence-corrected chi connectivity index (χ4v) is 0.745. The first-order valence-corrected chi connectivity index (χ1v) is 3.17. The third-order valence-electron chi connectivity index (χ3n) is 1.22. The number of carboxylic acid groups (broad SMARTS) is 1. The van der Waals surface area contributed by atoms with Gasteiger partial charge in [-0.3, -0.25) is 0 Å². The molecule has 0 atom stereocenters. The number of aromatic carboxylic acids is 1. The summed E-state index contributed by atoms with van der Waals surface area (Å²) in [5.41, 5.74) is 0. The van der Waals surface area contributed by atoms with E-state index in [-0.39, 0.29) is 5.76 Å². The van der Waals surface area contributed by atoms with Gasteiger partial charge in [-0.25, -0.2) is 4.79 Å². The van der Waals surface area contributed by atoms with E-state index < -0.39 is 5.97 Å². The Kier molecular flexibility index (Phi) is 2.11. The smallest absolute Gasteiger partial charge is 0.371 e. The molecule has 0 aliphatic carbocycles. The summed E-state index contributed by atoms with van der Waals surface area (Å²) in [5, 5.41) is 8.45. The zero-order chi connectivity index (χ0) is 8.27. The lowest BCUT2D eigenvalue weighted by atomic mass is 10.3. The molecule has 1 rings (SSSR count). The molecule has 0 aromatic carbocycles. The maximum Gasteiger partial charge on any atom is 0.371 e. The Hall–Kier alpha value is -1.51. The Morgan fingerprint density at radius 1 is 1.73 bits per heavy atom. The number of hydrogen-bond donors (Lipinski definition) is 1. The molecule has 1 aromatic heterocycles. The van der Waals surface area contributed by atoms with Gasteiger partial charge in [-0.2, -0.15) is 0 Å². The van der Waals surface area contributed by atoms with Crippen molar-refractivity contribution in [3.8, 4) is 0 Å². The predicted octanol–water partition coefficient (Wildman–Crippen LogP) is 1.71.